The Morgan fingerprint density at radius 2 is 1.85 bits per heavy atom. The van der Waals surface area contributed by atoms with E-state index in [1.54, 1.807) is 0 Å². The number of rotatable bonds is 13. The summed E-state index contributed by atoms with van der Waals surface area (Å²) in [5, 5.41) is 8.18. The largest absolute Gasteiger partial charge is 0.469 e. The number of alkyl halides is 3. The van der Waals surface area contributed by atoms with Crippen molar-refractivity contribution in [2.45, 2.75) is 70.2 Å². The van der Waals surface area contributed by atoms with E-state index in [0.717, 1.165) is 49.5 Å². The number of halogens is 3. The van der Waals surface area contributed by atoms with E-state index in [1.165, 1.54) is 19.1 Å². The highest BCUT2D eigenvalue weighted by atomic mass is 32.1. The number of aromatic nitrogens is 2. The first-order valence-electron chi connectivity index (χ1n) is 10.7. The van der Waals surface area contributed by atoms with Crippen molar-refractivity contribution >= 4 is 24.7 Å². The van der Waals surface area contributed by atoms with Crippen LogP contribution in [0.1, 0.15) is 62.4 Å². The molecule has 1 aliphatic rings. The Kier molecular flexibility index (Phi) is 10.2. The smallest absolute Gasteiger partial charge is 0.373 e. The van der Waals surface area contributed by atoms with E-state index >= 15 is 0 Å². The van der Waals surface area contributed by atoms with Crippen LogP contribution in [0.25, 0.3) is 5.57 Å². The van der Waals surface area contributed by atoms with Gasteiger partial charge in [-0.15, -0.1) is 10.2 Å². The fourth-order valence-corrected chi connectivity index (χ4v) is 4.53. The van der Waals surface area contributed by atoms with E-state index in [1.807, 2.05) is 0 Å². The molecule has 0 aliphatic heterocycles. The molecule has 4 N–H and O–H groups in total. The van der Waals surface area contributed by atoms with Crippen LogP contribution in [-0.2, 0) is 19.4 Å². The quantitative estimate of drug-likeness (QED) is 0.256. The SMILES string of the molecule is CCCCCCCCOC1C=CC(c2nnc([C@@](C)(N)COP(=O)(O)O)s2)=CC1C(F)(F)F. The summed E-state index contributed by atoms with van der Waals surface area (Å²) in [6.07, 6.45) is 4.42. The number of hydrogen-bond acceptors (Lipinski definition) is 7. The molecule has 188 valence electrons. The van der Waals surface area contributed by atoms with E-state index in [9.17, 15) is 17.7 Å². The van der Waals surface area contributed by atoms with E-state index in [-0.39, 0.29) is 22.2 Å². The van der Waals surface area contributed by atoms with Crippen molar-refractivity contribution in [2.24, 2.45) is 11.7 Å². The first-order valence-corrected chi connectivity index (χ1v) is 13.1. The van der Waals surface area contributed by atoms with Gasteiger partial charge in [-0.2, -0.15) is 13.2 Å². The summed E-state index contributed by atoms with van der Waals surface area (Å²) in [6, 6.07) is 0. The Morgan fingerprint density at radius 3 is 2.48 bits per heavy atom. The molecule has 0 saturated heterocycles. The standard InChI is InChI=1S/C20H31F3N3O5PS/c1-3-4-5-6-7-8-11-30-16-10-9-14(12-15(16)20(21,22)23)17-25-26-18(33-17)19(2,24)13-31-32(27,28)29/h9-10,12,15-16H,3-8,11,13,24H2,1-2H3,(H2,27,28,29)/t15?,16?,19-/m0/s1. The minimum Gasteiger partial charge on any atom is -0.373 e. The summed E-state index contributed by atoms with van der Waals surface area (Å²) in [4.78, 5) is 17.7. The van der Waals surface area contributed by atoms with Crippen molar-refractivity contribution in [3.63, 3.8) is 0 Å². The molecule has 33 heavy (non-hydrogen) atoms. The molecule has 0 radical (unpaired) electrons. The monoisotopic (exact) mass is 513 g/mol. The predicted molar refractivity (Wildman–Crippen MR) is 119 cm³/mol. The Hall–Kier alpha value is -1.14. The van der Waals surface area contributed by atoms with Crippen molar-refractivity contribution in [3.8, 4) is 0 Å². The van der Waals surface area contributed by atoms with Crippen LogP contribution >= 0.6 is 19.2 Å². The number of nitrogens with zero attached hydrogens (tertiary/aromatic N) is 2. The van der Waals surface area contributed by atoms with Crippen molar-refractivity contribution in [2.75, 3.05) is 13.2 Å². The fraction of sp³-hybridized carbons (Fsp3) is 0.700. The zero-order valence-electron chi connectivity index (χ0n) is 18.6. The summed E-state index contributed by atoms with van der Waals surface area (Å²) < 4.78 is 62.0. The highest BCUT2D eigenvalue weighted by molar-refractivity contribution is 7.46. The Bertz CT molecular complexity index is 869. The van der Waals surface area contributed by atoms with Gasteiger partial charge in [0.2, 0.25) is 0 Å². The number of hydrogen-bond donors (Lipinski definition) is 3. The maximum absolute atomic E-state index is 13.7. The first kappa shape index (κ1) is 28.1. The molecule has 1 aromatic rings. The Morgan fingerprint density at radius 1 is 1.18 bits per heavy atom. The van der Waals surface area contributed by atoms with Crippen LogP contribution in [0.5, 0.6) is 0 Å². The third-order valence-electron chi connectivity index (χ3n) is 5.06. The van der Waals surface area contributed by atoms with Crippen LogP contribution < -0.4 is 5.73 Å². The lowest BCUT2D eigenvalue weighted by atomic mass is 9.93. The van der Waals surface area contributed by atoms with E-state index in [0.29, 0.717) is 6.42 Å². The van der Waals surface area contributed by atoms with Gasteiger partial charge in [-0.1, -0.05) is 68.6 Å². The lowest BCUT2D eigenvalue weighted by Crippen LogP contribution is -2.37. The second-order valence-electron chi connectivity index (χ2n) is 8.25. The van der Waals surface area contributed by atoms with Gasteiger partial charge in [0.15, 0.2) is 0 Å². The van der Waals surface area contributed by atoms with Crippen molar-refractivity contribution < 1.29 is 36.8 Å². The van der Waals surface area contributed by atoms with Gasteiger partial charge >= 0.3 is 14.0 Å². The molecule has 0 amide bonds. The maximum Gasteiger partial charge on any atom is 0.469 e. The van der Waals surface area contributed by atoms with Gasteiger partial charge in [0.1, 0.15) is 15.9 Å². The number of phosphoric ester groups is 1. The van der Waals surface area contributed by atoms with Crippen LogP contribution in [0.15, 0.2) is 18.2 Å². The van der Waals surface area contributed by atoms with E-state index < -0.39 is 38.2 Å². The highest BCUT2D eigenvalue weighted by Gasteiger charge is 2.44. The van der Waals surface area contributed by atoms with Crippen molar-refractivity contribution in [1.29, 1.82) is 0 Å². The molecule has 1 heterocycles. The summed E-state index contributed by atoms with van der Waals surface area (Å²) in [6.45, 7) is 3.27. The highest BCUT2D eigenvalue weighted by Crippen LogP contribution is 2.40. The van der Waals surface area contributed by atoms with Crippen LogP contribution in [0, 0.1) is 5.92 Å². The molecule has 0 fully saturated rings. The zero-order valence-corrected chi connectivity index (χ0v) is 20.3. The molecule has 2 unspecified atom stereocenters. The first-order chi connectivity index (χ1) is 15.3. The summed E-state index contributed by atoms with van der Waals surface area (Å²) in [5.41, 5.74) is 4.86. The van der Waals surface area contributed by atoms with Gasteiger partial charge < -0.3 is 20.3 Å². The summed E-state index contributed by atoms with van der Waals surface area (Å²) in [5.74, 6) is -1.83. The van der Waals surface area contributed by atoms with Crippen LogP contribution in [-0.4, -0.2) is 45.5 Å². The van der Waals surface area contributed by atoms with Gasteiger partial charge in [0, 0.05) is 12.2 Å². The number of nitrogens with two attached hydrogens (primary N) is 1. The molecule has 0 saturated carbocycles. The van der Waals surface area contributed by atoms with Gasteiger partial charge in [0.25, 0.3) is 0 Å². The van der Waals surface area contributed by atoms with Gasteiger partial charge in [-0.05, 0) is 13.3 Å². The zero-order chi connectivity index (χ0) is 24.7. The van der Waals surface area contributed by atoms with Gasteiger partial charge in [0.05, 0.1) is 18.2 Å². The summed E-state index contributed by atoms with van der Waals surface area (Å²) in [7, 11) is -4.74. The van der Waals surface area contributed by atoms with Crippen molar-refractivity contribution in [3.05, 3.63) is 28.2 Å². The number of allylic oxidation sites excluding steroid dienone is 2. The predicted octanol–water partition coefficient (Wildman–Crippen LogP) is 4.70. The van der Waals surface area contributed by atoms with Crippen LogP contribution in [0.3, 0.4) is 0 Å². The van der Waals surface area contributed by atoms with Crippen molar-refractivity contribution in [1.82, 2.24) is 10.2 Å². The molecule has 3 atom stereocenters. The molecule has 13 heteroatoms. The third kappa shape index (κ3) is 9.20. The van der Waals surface area contributed by atoms with Gasteiger partial charge in [-0.3, -0.25) is 4.52 Å². The van der Waals surface area contributed by atoms with E-state index in [4.69, 9.17) is 20.3 Å². The van der Waals surface area contributed by atoms with Gasteiger partial charge in [-0.25, -0.2) is 4.57 Å². The fourth-order valence-electron chi connectivity index (χ4n) is 3.20. The number of unbranched alkanes of at least 4 members (excludes halogenated alkanes) is 5. The average Bonchev–Trinajstić information content (AvgIpc) is 3.22. The lowest BCUT2D eigenvalue weighted by molar-refractivity contribution is -0.185. The lowest BCUT2D eigenvalue weighted by Gasteiger charge is -2.28. The molecular weight excluding hydrogens is 482 g/mol. The molecule has 8 nitrogen and oxygen atoms in total. The van der Waals surface area contributed by atoms with Crippen LogP contribution in [0.2, 0.25) is 0 Å². The molecule has 0 bridgehead atoms. The molecule has 1 aromatic heterocycles. The third-order valence-corrected chi connectivity index (χ3v) is 6.78. The average molecular weight is 514 g/mol. The molecular formula is C20H31F3N3O5PS. The minimum atomic E-state index is -4.74. The Labute approximate surface area is 195 Å². The Balaban J connectivity index is 2.04. The summed E-state index contributed by atoms with van der Waals surface area (Å²) >= 11 is 0.934. The maximum atomic E-state index is 13.7. The molecule has 1 aliphatic carbocycles. The molecule has 0 spiro atoms. The molecule has 2 rings (SSSR count). The topological polar surface area (TPSA) is 128 Å². The normalized spacial score (nSPS) is 21.2. The number of phosphoric acid groups is 1. The van der Waals surface area contributed by atoms with E-state index in [2.05, 4.69) is 21.6 Å². The second kappa shape index (κ2) is 12.0. The number of ether oxygens (including phenoxy) is 1. The molecule has 0 aromatic carbocycles. The minimum absolute atomic E-state index is 0.172. The van der Waals surface area contributed by atoms with Crippen LogP contribution in [0.4, 0.5) is 13.2 Å². The second-order valence-corrected chi connectivity index (χ2v) is 10.5.